The van der Waals surface area contributed by atoms with Crippen molar-refractivity contribution in [3.8, 4) is 56.0 Å². The smallest absolute Gasteiger partial charge is 0.231 e. The summed E-state index contributed by atoms with van der Waals surface area (Å²) in [6.45, 7) is 20.5. The fourth-order valence-electron chi connectivity index (χ4n) is 10.4. The van der Waals surface area contributed by atoms with Crippen molar-refractivity contribution in [2.24, 2.45) is 0 Å². The molecule has 2 heterocycles. The fourth-order valence-corrected chi connectivity index (χ4v) is 10.4. The first-order valence-electron chi connectivity index (χ1n) is 20.8. The van der Waals surface area contributed by atoms with Crippen LogP contribution in [0.1, 0.15) is 81.8 Å². The molecule has 59 heavy (non-hydrogen) atoms. The average Bonchev–Trinajstić information content (AvgIpc) is 3.87. The van der Waals surface area contributed by atoms with Crippen molar-refractivity contribution < 1.29 is 4.42 Å². The van der Waals surface area contributed by atoms with Crippen LogP contribution in [0.25, 0.3) is 83.7 Å². The van der Waals surface area contributed by atoms with Crippen LogP contribution in [-0.4, -0.2) is 9.97 Å². The normalized spacial score (nSPS) is 17.1. The topological polar surface area (TPSA) is 38.9 Å². The number of hydrogen-bond donors (Lipinski definition) is 0. The number of hydrogen-bond acceptors (Lipinski definition) is 3. The first-order chi connectivity index (χ1) is 28.4. The summed E-state index contributed by atoms with van der Waals surface area (Å²) in [5.74, 6) is 0.652. The van der Waals surface area contributed by atoms with E-state index in [0.717, 1.165) is 44.3 Å². The van der Waals surface area contributed by atoms with Gasteiger partial charge in [-0.15, -0.1) is 0 Å². The summed E-state index contributed by atoms with van der Waals surface area (Å²) >= 11 is 0. The number of rotatable bonds is 4. The molecule has 0 saturated carbocycles. The van der Waals surface area contributed by atoms with E-state index in [1.54, 1.807) is 0 Å². The molecular formula is C56H46N2O. The van der Waals surface area contributed by atoms with Gasteiger partial charge in [0, 0.05) is 32.8 Å². The Bertz CT molecular complexity index is 3220. The van der Waals surface area contributed by atoms with Gasteiger partial charge in [0.25, 0.3) is 0 Å². The molecule has 0 unspecified atom stereocenters. The quantitative estimate of drug-likeness (QED) is 0.179. The minimum atomic E-state index is -0.249. The van der Waals surface area contributed by atoms with Crippen molar-refractivity contribution in [2.45, 2.75) is 64.7 Å². The van der Waals surface area contributed by atoms with E-state index in [1.807, 2.05) is 6.92 Å². The Labute approximate surface area is 346 Å². The van der Waals surface area contributed by atoms with Gasteiger partial charge in [0.2, 0.25) is 5.71 Å². The van der Waals surface area contributed by atoms with Crippen LogP contribution in [0.2, 0.25) is 0 Å². The molecule has 2 aromatic heterocycles. The van der Waals surface area contributed by atoms with Crippen molar-refractivity contribution >= 4 is 27.6 Å². The van der Waals surface area contributed by atoms with Gasteiger partial charge in [-0.25, -0.2) is 4.98 Å². The molecule has 0 spiro atoms. The number of aromatic nitrogens is 2. The molecule has 3 aliphatic carbocycles. The minimum Gasteiger partial charge on any atom is -0.438 e. The molecule has 6 aromatic carbocycles. The van der Waals surface area contributed by atoms with E-state index in [1.165, 1.54) is 66.8 Å². The number of furan rings is 1. The lowest BCUT2D eigenvalue weighted by atomic mass is 9.81. The van der Waals surface area contributed by atoms with Gasteiger partial charge in [0.15, 0.2) is 5.82 Å². The second kappa shape index (κ2) is 12.2. The van der Waals surface area contributed by atoms with Crippen molar-refractivity contribution in [3.63, 3.8) is 0 Å². The third kappa shape index (κ3) is 4.94. The summed E-state index contributed by atoms with van der Waals surface area (Å²) in [5, 5.41) is 1.93. The highest BCUT2D eigenvalue weighted by molar-refractivity contribution is 6.12. The molecule has 11 rings (SSSR count). The number of allylic oxidation sites excluding steroid dienone is 5. The van der Waals surface area contributed by atoms with Gasteiger partial charge >= 0.3 is 0 Å². The van der Waals surface area contributed by atoms with E-state index < -0.39 is 0 Å². The highest BCUT2D eigenvalue weighted by Crippen LogP contribution is 2.53. The third-order valence-corrected chi connectivity index (χ3v) is 13.9. The van der Waals surface area contributed by atoms with Gasteiger partial charge in [-0.05, 0) is 115 Å². The Hall–Kier alpha value is -6.58. The van der Waals surface area contributed by atoms with Gasteiger partial charge in [-0.1, -0.05) is 157 Å². The lowest BCUT2D eigenvalue weighted by Crippen LogP contribution is -2.15. The molecule has 0 aliphatic heterocycles. The van der Waals surface area contributed by atoms with Crippen LogP contribution in [0.4, 0.5) is 0 Å². The molecule has 0 bridgehead atoms. The second-order valence-corrected chi connectivity index (χ2v) is 18.2. The Morgan fingerprint density at radius 1 is 0.525 bits per heavy atom. The lowest BCUT2D eigenvalue weighted by Gasteiger charge is -2.22. The molecule has 0 radical (unpaired) electrons. The van der Waals surface area contributed by atoms with Crippen LogP contribution in [0.15, 0.2) is 156 Å². The Balaban J connectivity index is 1.12. The molecule has 3 heteroatoms. The highest BCUT2D eigenvalue weighted by Gasteiger charge is 2.39. The maximum absolute atomic E-state index is 6.73. The summed E-state index contributed by atoms with van der Waals surface area (Å²) < 4.78 is 6.73. The SMILES string of the molecule is C=C1/C(=C\C=C/C)c2ccc(-c3nc(-c4ccc5c(c4)C(C)(C)c4ccccc4-5)nc4oc5ccc(-c6ccc7c(c6)C(C)(C)c6ccccc6-7)cc5c34)cc2C1(C)C. The predicted octanol–water partition coefficient (Wildman–Crippen LogP) is 14.8. The highest BCUT2D eigenvalue weighted by atomic mass is 16.3. The lowest BCUT2D eigenvalue weighted by molar-refractivity contribution is 0.653. The molecule has 0 atom stereocenters. The molecule has 8 aromatic rings. The van der Waals surface area contributed by atoms with Crippen molar-refractivity contribution in [1.82, 2.24) is 9.97 Å². The summed E-state index contributed by atoms with van der Waals surface area (Å²) in [6, 6.07) is 44.6. The first-order valence-corrected chi connectivity index (χ1v) is 20.8. The van der Waals surface area contributed by atoms with Gasteiger partial charge in [-0.3, -0.25) is 0 Å². The van der Waals surface area contributed by atoms with Crippen LogP contribution in [0.5, 0.6) is 0 Å². The molecule has 3 nitrogen and oxygen atoms in total. The Kier molecular flexibility index (Phi) is 7.37. The largest absolute Gasteiger partial charge is 0.438 e. The summed E-state index contributed by atoms with van der Waals surface area (Å²) in [7, 11) is 0. The van der Waals surface area contributed by atoms with Crippen molar-refractivity contribution in [3.05, 3.63) is 185 Å². The van der Waals surface area contributed by atoms with Crippen LogP contribution < -0.4 is 0 Å². The Morgan fingerprint density at radius 3 is 1.73 bits per heavy atom. The number of fused-ring (bicyclic) bond motifs is 10. The summed E-state index contributed by atoms with van der Waals surface area (Å²) in [5.41, 5.74) is 21.4. The van der Waals surface area contributed by atoms with Gasteiger partial charge in [-0.2, -0.15) is 4.98 Å². The molecule has 0 amide bonds. The minimum absolute atomic E-state index is 0.0874. The third-order valence-electron chi connectivity index (χ3n) is 13.9. The van der Waals surface area contributed by atoms with E-state index in [9.17, 15) is 0 Å². The number of benzene rings is 6. The maximum Gasteiger partial charge on any atom is 0.231 e. The van der Waals surface area contributed by atoms with Gasteiger partial charge < -0.3 is 4.42 Å². The molecule has 3 aliphatic rings. The Morgan fingerprint density at radius 2 is 1.05 bits per heavy atom. The van der Waals surface area contributed by atoms with Gasteiger partial charge in [0.1, 0.15) is 5.58 Å². The standard InChI is InChI=1S/C56H46N2O/c1-9-10-15-37-32(2)54(3,4)46-30-35(21-25-40(37)46)51-50-43-28-33(34-20-24-41-38-16-11-13-18-44(38)55(5,6)47(41)29-34)23-27-49(43)59-53(50)58-52(57-51)36-22-26-42-39-17-12-14-19-45(39)56(7,8)48(42)31-36/h9-31H,2H2,1,3-8H3/b10-9-,37-15+. The van der Waals surface area contributed by atoms with Crippen LogP contribution in [0, 0.1) is 0 Å². The summed E-state index contributed by atoms with van der Waals surface area (Å²) in [6.07, 6.45) is 6.36. The molecular weight excluding hydrogens is 717 g/mol. The van der Waals surface area contributed by atoms with E-state index in [2.05, 4.69) is 188 Å². The summed E-state index contributed by atoms with van der Waals surface area (Å²) in [4.78, 5) is 10.8. The molecule has 286 valence electrons. The second-order valence-electron chi connectivity index (χ2n) is 18.2. The van der Waals surface area contributed by atoms with Crippen molar-refractivity contribution in [1.29, 1.82) is 0 Å². The number of nitrogens with zero attached hydrogens (tertiary/aromatic N) is 2. The van der Waals surface area contributed by atoms with Crippen LogP contribution in [0.3, 0.4) is 0 Å². The van der Waals surface area contributed by atoms with Crippen molar-refractivity contribution in [2.75, 3.05) is 0 Å². The maximum atomic E-state index is 6.73. The van der Waals surface area contributed by atoms with Crippen LogP contribution in [-0.2, 0) is 16.2 Å². The van der Waals surface area contributed by atoms with E-state index >= 15 is 0 Å². The van der Waals surface area contributed by atoms with Gasteiger partial charge in [0.05, 0.1) is 11.1 Å². The molecule has 0 saturated heterocycles. The van der Waals surface area contributed by atoms with E-state index in [-0.39, 0.29) is 16.2 Å². The van der Waals surface area contributed by atoms with E-state index in [0.29, 0.717) is 11.5 Å². The zero-order valence-electron chi connectivity index (χ0n) is 34.8. The fraction of sp³-hybridized carbons (Fsp3) is 0.179. The van der Waals surface area contributed by atoms with E-state index in [4.69, 9.17) is 14.4 Å². The molecule has 0 fully saturated rings. The van der Waals surface area contributed by atoms with Crippen LogP contribution >= 0.6 is 0 Å². The predicted molar refractivity (Wildman–Crippen MR) is 246 cm³/mol. The molecule has 0 N–H and O–H groups in total. The first kappa shape index (κ1) is 35.6. The average molecular weight is 763 g/mol. The zero-order valence-corrected chi connectivity index (χ0v) is 34.8. The zero-order chi connectivity index (χ0) is 40.6. The monoisotopic (exact) mass is 762 g/mol.